The average molecular weight is 1060 g/mol. The number of Topliss-reactive ketones (excluding diaryl/α,β-unsaturated/α-hetero) is 1. The first kappa shape index (κ1) is 62.8. The fourth-order valence-electron chi connectivity index (χ4n) is 7.94. The molecule has 2 rings (SSSR count). The Kier molecular flexibility index (Phi) is 31.2. The van der Waals surface area contributed by atoms with Crippen molar-refractivity contribution in [2.75, 3.05) is 25.4 Å². The number of primary amides is 1. The van der Waals surface area contributed by atoms with Crippen molar-refractivity contribution in [3.05, 3.63) is 47.3 Å². The number of nitrogens with one attached hydrogen (secondary N) is 5. The molecule has 0 bridgehead atoms. The van der Waals surface area contributed by atoms with Gasteiger partial charge >= 0.3 is 5.97 Å². The molecule has 0 saturated carbocycles. The molecule has 6 amide bonds. The normalized spacial score (nSPS) is 19.1. The molecule has 12 N–H and O–H groups in total. The number of nitrogens with two attached hydrogens (primary N) is 3. The van der Waals surface area contributed by atoms with Crippen molar-refractivity contribution in [3.63, 3.8) is 0 Å². The zero-order valence-electron chi connectivity index (χ0n) is 42.0. The third kappa shape index (κ3) is 27.5. The maximum atomic E-state index is 14.1. The number of unbranched alkanes of at least 4 members (excludes halogenated alkanes) is 10. The molecule has 72 heavy (non-hydrogen) atoms. The Labute approximate surface area is 438 Å². The van der Waals surface area contributed by atoms with Gasteiger partial charge in [-0.2, -0.15) is 0 Å². The van der Waals surface area contributed by atoms with Gasteiger partial charge in [0.25, 0.3) is 0 Å². The minimum absolute atomic E-state index is 0.00332. The van der Waals surface area contributed by atoms with Gasteiger partial charge in [0.15, 0.2) is 11.7 Å². The summed E-state index contributed by atoms with van der Waals surface area (Å²) in [6.07, 6.45) is 12.4. The maximum absolute atomic E-state index is 14.1. The number of carbonyl (C=O) groups is 8. The van der Waals surface area contributed by atoms with Crippen LogP contribution in [0.25, 0.3) is 4.85 Å². The second-order valence-electron chi connectivity index (χ2n) is 18.5. The number of aliphatic carboxylic acids is 1. The minimum atomic E-state index is -1.60. The molecule has 1 saturated heterocycles. The van der Waals surface area contributed by atoms with E-state index in [1.165, 1.54) is 74.9 Å². The Hall–Kier alpha value is -5.27. The van der Waals surface area contributed by atoms with E-state index in [-0.39, 0.29) is 76.3 Å². The van der Waals surface area contributed by atoms with Gasteiger partial charge in [0.2, 0.25) is 41.0 Å². The van der Waals surface area contributed by atoms with Crippen molar-refractivity contribution in [1.29, 1.82) is 0 Å². The van der Waals surface area contributed by atoms with E-state index < -0.39 is 89.1 Å². The highest BCUT2D eigenvalue weighted by atomic mass is 32.2. The van der Waals surface area contributed by atoms with Crippen LogP contribution in [0.5, 0.6) is 0 Å². The highest BCUT2D eigenvalue weighted by Crippen LogP contribution is 2.33. The highest BCUT2D eigenvalue weighted by Gasteiger charge is 2.38. The van der Waals surface area contributed by atoms with Crippen molar-refractivity contribution in [3.8, 4) is 0 Å². The van der Waals surface area contributed by atoms with E-state index in [0.29, 0.717) is 16.4 Å². The van der Waals surface area contributed by atoms with E-state index in [4.69, 9.17) is 36.0 Å². The molecular formula is C50H78N10O9S3. The molecule has 400 valence electrons. The van der Waals surface area contributed by atoms with Crippen LogP contribution in [0.2, 0.25) is 0 Å². The summed E-state index contributed by atoms with van der Waals surface area (Å²) in [6.45, 7) is 11.6. The fourth-order valence-corrected chi connectivity index (χ4v) is 10.7. The number of guanidine groups is 1. The topological polar surface area (TPSA) is 312 Å². The molecule has 1 heterocycles. The summed E-state index contributed by atoms with van der Waals surface area (Å²) >= 11 is 8.30. The molecule has 1 aromatic carbocycles. The largest absolute Gasteiger partial charge is 0.481 e. The predicted molar refractivity (Wildman–Crippen MR) is 287 cm³/mol. The number of ketones is 1. The molecule has 0 radical (unpaired) electrons. The smallest absolute Gasteiger partial charge is 0.305 e. The fraction of sp³-hybridized carbons (Fsp3) is 0.660. The Bertz CT molecular complexity index is 2000. The number of aliphatic imine (C=N–C) groups is 1. The van der Waals surface area contributed by atoms with Crippen LogP contribution in [0.1, 0.15) is 148 Å². The number of hydrogen-bond donors (Lipinski definition) is 9. The number of thiocarbonyl (C=S) groups is 1. The molecule has 22 heteroatoms. The van der Waals surface area contributed by atoms with Crippen molar-refractivity contribution in [2.24, 2.45) is 28.1 Å². The lowest BCUT2D eigenvalue weighted by molar-refractivity contribution is -0.141. The number of nitrogens with zero attached hydrogens (tertiary/aromatic N) is 2. The number of carbonyl (C=O) groups excluding carboxylic acids is 7. The van der Waals surface area contributed by atoms with Gasteiger partial charge in [-0.25, -0.2) is 6.57 Å². The van der Waals surface area contributed by atoms with Gasteiger partial charge in [-0.1, -0.05) is 119 Å². The van der Waals surface area contributed by atoms with Crippen LogP contribution in [-0.4, -0.2) is 116 Å². The monoisotopic (exact) mass is 1060 g/mol. The van der Waals surface area contributed by atoms with Crippen LogP contribution in [0, 0.1) is 12.5 Å². The number of amides is 6. The lowest BCUT2D eigenvalue weighted by Gasteiger charge is -2.25. The summed E-state index contributed by atoms with van der Waals surface area (Å²) in [5, 5.41) is 21.9. The van der Waals surface area contributed by atoms with Gasteiger partial charge in [0.05, 0.1) is 18.2 Å². The van der Waals surface area contributed by atoms with E-state index in [1.807, 2.05) is 0 Å². The molecular weight excluding hydrogens is 981 g/mol. The lowest BCUT2D eigenvalue weighted by atomic mass is 9.90. The van der Waals surface area contributed by atoms with Gasteiger partial charge in [-0.05, 0) is 56.3 Å². The number of carboxylic acid groups (broad SMARTS) is 1. The second kappa shape index (κ2) is 35.8. The summed E-state index contributed by atoms with van der Waals surface area (Å²) in [5.74, 6) is -6.39. The molecule has 6 unspecified atom stereocenters. The van der Waals surface area contributed by atoms with Crippen molar-refractivity contribution < 1.29 is 43.5 Å². The molecule has 1 fully saturated rings. The molecule has 1 aromatic rings. The van der Waals surface area contributed by atoms with Gasteiger partial charge in [0, 0.05) is 51.6 Å². The highest BCUT2D eigenvalue weighted by molar-refractivity contribution is 8.47. The van der Waals surface area contributed by atoms with Gasteiger partial charge < -0.3 is 53.7 Å². The zero-order chi connectivity index (χ0) is 53.3. The van der Waals surface area contributed by atoms with E-state index in [0.717, 1.165) is 24.2 Å². The second-order valence-corrected chi connectivity index (χ2v) is 22.0. The van der Waals surface area contributed by atoms with Crippen molar-refractivity contribution in [1.82, 2.24) is 26.6 Å². The molecule has 0 aromatic heterocycles. The Morgan fingerprint density at radius 1 is 0.847 bits per heavy atom. The molecule has 0 spiro atoms. The number of hydrogen-bond acceptors (Lipinski definition) is 12. The summed E-state index contributed by atoms with van der Waals surface area (Å²) in [7, 11) is 0. The van der Waals surface area contributed by atoms with Gasteiger partial charge in [-0.3, -0.25) is 43.3 Å². The number of rotatable bonds is 31. The Morgan fingerprint density at radius 3 is 2.04 bits per heavy atom. The SMILES string of the molecule is [C-]#[N+]C(C)(CCC(=O)NCCCCC1NC(=O)C(Cc2ccccc2)CC(=O)CNC(=O)C(CC(=O)O)NC(=O)C(CCCN=C(N)N)NC1=O)CC(SC(=S)SCCCCCCCCCCCC)C(N)=O. The van der Waals surface area contributed by atoms with Crippen LogP contribution in [0.15, 0.2) is 35.3 Å². The third-order valence-electron chi connectivity index (χ3n) is 12.2. The first-order valence-corrected chi connectivity index (χ1v) is 27.4. The first-order valence-electron chi connectivity index (χ1n) is 25.2. The van der Waals surface area contributed by atoms with E-state index in [2.05, 4.69) is 43.3 Å². The third-order valence-corrected chi connectivity index (χ3v) is 15.0. The minimum Gasteiger partial charge on any atom is -0.481 e. The molecule has 1 aliphatic rings. The van der Waals surface area contributed by atoms with Crippen molar-refractivity contribution in [2.45, 2.75) is 178 Å². The molecule has 6 atom stereocenters. The summed E-state index contributed by atoms with van der Waals surface area (Å²) in [4.78, 5) is 113. The molecule has 0 aliphatic carbocycles. The van der Waals surface area contributed by atoms with Crippen LogP contribution < -0.4 is 43.8 Å². The van der Waals surface area contributed by atoms with Crippen molar-refractivity contribution >= 4 is 92.4 Å². The summed E-state index contributed by atoms with van der Waals surface area (Å²) in [6, 6.07) is 4.75. The van der Waals surface area contributed by atoms with Crippen LogP contribution >= 0.6 is 35.7 Å². The van der Waals surface area contributed by atoms with E-state index >= 15 is 0 Å². The Morgan fingerprint density at radius 2 is 1.44 bits per heavy atom. The van der Waals surface area contributed by atoms with E-state index in [1.54, 1.807) is 37.3 Å². The summed E-state index contributed by atoms with van der Waals surface area (Å²) < 4.78 is 0.600. The Balaban J connectivity index is 2.09. The predicted octanol–water partition coefficient (Wildman–Crippen LogP) is 4.58. The summed E-state index contributed by atoms with van der Waals surface area (Å²) in [5.41, 5.74) is 16.3. The quantitative estimate of drug-likeness (QED) is 0.0162. The van der Waals surface area contributed by atoms with Crippen LogP contribution in [0.3, 0.4) is 0 Å². The van der Waals surface area contributed by atoms with Gasteiger partial charge in [-0.15, -0.1) is 11.8 Å². The molecule has 19 nitrogen and oxygen atoms in total. The number of carboxylic acids is 1. The van der Waals surface area contributed by atoms with Crippen LogP contribution in [0.4, 0.5) is 0 Å². The maximum Gasteiger partial charge on any atom is 0.305 e. The number of benzene rings is 1. The molecule has 1 aliphatic heterocycles. The zero-order valence-corrected chi connectivity index (χ0v) is 44.5. The lowest BCUT2D eigenvalue weighted by Crippen LogP contribution is -2.57. The standard InChI is InChI=1S/C50H78N10O9S3/c1-4-5-6-7-8-9-10-11-12-18-28-71-49(70)72-40(43(51)65)32-50(2,54-3)25-24-41(62)55-26-17-16-22-37-46(68)59-38(23-19-27-56-48(52)53)47(69)60-39(31-42(63)64)45(67)57-33-36(61)30-35(44(66)58-37)29-34-20-14-13-15-21-34/h13-15,20-21,35,37-40H,4-12,16-19,22-33H2,1-2H3,(H2,51,65)(H,55,62)(H,57,67)(H,58,66)(H,59,68)(H,60,69)(H,63,64)(H4,52,53,56). The first-order chi connectivity index (χ1) is 34.4. The van der Waals surface area contributed by atoms with Crippen LogP contribution in [-0.2, 0) is 44.8 Å². The number of thioether (sulfide) groups is 2. The van der Waals surface area contributed by atoms with E-state index in [9.17, 15) is 43.5 Å². The van der Waals surface area contributed by atoms with Gasteiger partial charge in [0.1, 0.15) is 21.7 Å². The average Bonchev–Trinajstić information content (AvgIpc) is 3.33.